The third-order valence-electron chi connectivity index (χ3n) is 16.6. The van der Waals surface area contributed by atoms with Crippen LogP contribution in [0.5, 0.6) is 23.0 Å². The maximum absolute atomic E-state index is 12.3. The first kappa shape index (κ1) is 37.3. The predicted octanol–water partition coefficient (Wildman–Crippen LogP) is 4.39. The molecule has 10 aliphatic rings. The molecule has 2 aromatic rings. The van der Waals surface area contributed by atoms with E-state index in [4.69, 9.17) is 37.9 Å². The van der Waals surface area contributed by atoms with Crippen molar-refractivity contribution in [2.24, 2.45) is 0 Å². The number of rotatable bonds is 2. The molecule has 2 N–H and O–H groups in total. The van der Waals surface area contributed by atoms with Crippen molar-refractivity contribution in [1.29, 1.82) is 0 Å². The molecule has 2 aromatic carbocycles. The number of likely N-dealkylation sites (N-methyl/N-ethyl adjacent to an activating group) is 2. The Morgan fingerprint density at radius 2 is 1.11 bits per heavy atom. The quantitative estimate of drug-likeness (QED) is 0.450. The first-order valence-corrected chi connectivity index (χ1v) is 21.6. The maximum atomic E-state index is 12.3. The molecular formula is C45H60N2O10. The summed E-state index contributed by atoms with van der Waals surface area (Å²) >= 11 is 0. The summed E-state index contributed by atoms with van der Waals surface area (Å²) in [5, 5.41) is 24.6. The molecule has 0 aromatic heterocycles. The Hall–Kier alpha value is -2.68. The minimum absolute atomic E-state index is 0.0741. The maximum Gasteiger partial charge on any atom is 0.207 e. The first-order chi connectivity index (χ1) is 27.3. The number of hydrogen-bond acceptors (Lipinski definition) is 12. The minimum Gasteiger partial charge on any atom is -0.493 e. The van der Waals surface area contributed by atoms with Crippen LogP contribution in [0.15, 0.2) is 24.3 Å². The van der Waals surface area contributed by atoms with Gasteiger partial charge in [0, 0.05) is 36.1 Å². The number of likely N-dealkylation sites (tertiary alicyclic amines) is 2. The van der Waals surface area contributed by atoms with Gasteiger partial charge in [-0.2, -0.15) is 0 Å². The predicted molar refractivity (Wildman–Crippen MR) is 208 cm³/mol. The summed E-state index contributed by atoms with van der Waals surface area (Å²) in [6.07, 6.45) is 7.26. The van der Waals surface area contributed by atoms with E-state index in [2.05, 4.69) is 56.8 Å². The molecule has 4 spiro atoms. The summed E-state index contributed by atoms with van der Waals surface area (Å²) in [5.74, 6) is 1.42. The molecule has 8 unspecified atom stereocenters. The SMILES string of the molecule is COc1ccc2c3c1OC1C4(CCC5(O)[C@@H](C2)N(C)CC[C@]315)OC(C)CC(C)O4.COc1ccc2c3c1OC1C4(CCC5(O)[C@@H](C2)N(C)CC[C@]315)OCCC(C)O4. The van der Waals surface area contributed by atoms with Gasteiger partial charge in [0.05, 0.1) is 61.2 Å². The van der Waals surface area contributed by atoms with Crippen molar-refractivity contribution >= 4 is 0 Å². The number of nitrogens with zero attached hydrogens (tertiary/aromatic N) is 2. The molecule has 4 bridgehead atoms. The number of fused-ring (bicyclic) bond motifs is 2. The lowest BCUT2D eigenvalue weighted by Crippen LogP contribution is -2.80. The van der Waals surface area contributed by atoms with Crippen LogP contribution in [0.2, 0.25) is 0 Å². The van der Waals surface area contributed by atoms with Gasteiger partial charge in [-0.15, -0.1) is 0 Å². The van der Waals surface area contributed by atoms with Crippen molar-refractivity contribution < 1.29 is 48.1 Å². The zero-order valence-electron chi connectivity index (χ0n) is 34.6. The fourth-order valence-corrected chi connectivity index (χ4v) is 14.3. The molecule has 310 valence electrons. The van der Waals surface area contributed by atoms with Gasteiger partial charge in [0.2, 0.25) is 11.6 Å². The van der Waals surface area contributed by atoms with E-state index in [1.807, 2.05) is 12.1 Å². The number of piperidine rings is 2. The largest absolute Gasteiger partial charge is 0.493 e. The van der Waals surface area contributed by atoms with Gasteiger partial charge in [0.25, 0.3) is 0 Å². The zero-order chi connectivity index (χ0) is 39.5. The second-order valence-corrected chi connectivity index (χ2v) is 19.2. The number of hydrogen-bond donors (Lipinski definition) is 2. The van der Waals surface area contributed by atoms with Gasteiger partial charge in [0.15, 0.2) is 35.2 Å². The Morgan fingerprint density at radius 3 is 1.60 bits per heavy atom. The standard InChI is InChI=1S/C23H31NO5.C22H29NO5/c1-13-11-14(2)29-23(28-13)8-7-22(25)17-12-15-5-6-16(26-4)19-18(15)21(22,20(23)27-19)9-10-24(17)3;1-13-6-11-26-22(28-13)8-7-21(24)16-12-14-4-5-15(25-3)18-17(14)20(21,19(22)27-18)9-10-23(16)2/h5-6,13-14,17,20,25H,7-12H2,1-4H3;4-5,13,16,19,24H,6-12H2,1-3H3/t13?,14?,17-,20?,21+,22?,23?;13?,16-,19?,20+,21?,22?/m11/s1. The number of benzene rings is 2. The molecule has 12 nitrogen and oxygen atoms in total. The molecule has 6 fully saturated rings. The van der Waals surface area contributed by atoms with Crippen molar-refractivity contribution in [3.05, 3.63) is 46.5 Å². The van der Waals surface area contributed by atoms with Crippen LogP contribution in [0.1, 0.15) is 94.4 Å². The van der Waals surface area contributed by atoms with E-state index in [0.717, 1.165) is 85.7 Å². The highest BCUT2D eigenvalue weighted by atomic mass is 16.7. The Labute approximate surface area is 335 Å². The normalized spacial score (nSPS) is 46.9. The van der Waals surface area contributed by atoms with Crippen LogP contribution in [0.4, 0.5) is 0 Å². The summed E-state index contributed by atoms with van der Waals surface area (Å²) in [6, 6.07) is 8.47. The summed E-state index contributed by atoms with van der Waals surface area (Å²) in [5.41, 5.74) is 2.05. The smallest absolute Gasteiger partial charge is 0.207 e. The summed E-state index contributed by atoms with van der Waals surface area (Å²) in [4.78, 5) is 4.66. The van der Waals surface area contributed by atoms with Crippen molar-refractivity contribution in [3.8, 4) is 23.0 Å². The van der Waals surface area contributed by atoms with Gasteiger partial charge in [-0.3, -0.25) is 0 Å². The monoisotopic (exact) mass is 788 g/mol. The molecule has 6 heterocycles. The average molecular weight is 789 g/mol. The first-order valence-electron chi connectivity index (χ1n) is 21.6. The molecule has 12 rings (SSSR count). The Balaban J connectivity index is 0.000000131. The summed E-state index contributed by atoms with van der Waals surface area (Å²) in [6.45, 7) is 8.85. The van der Waals surface area contributed by atoms with E-state index in [-0.39, 0.29) is 42.6 Å². The summed E-state index contributed by atoms with van der Waals surface area (Å²) in [7, 11) is 7.63. The molecule has 4 saturated heterocycles. The fraction of sp³-hybridized carbons (Fsp3) is 0.733. The van der Waals surface area contributed by atoms with E-state index >= 15 is 0 Å². The Kier molecular flexibility index (Phi) is 8.00. The van der Waals surface area contributed by atoms with Crippen LogP contribution in [-0.2, 0) is 42.6 Å². The van der Waals surface area contributed by atoms with E-state index < -0.39 is 33.6 Å². The fourth-order valence-electron chi connectivity index (χ4n) is 14.3. The number of aliphatic hydroxyl groups is 2. The molecule has 6 aliphatic heterocycles. The molecule has 4 aliphatic carbocycles. The van der Waals surface area contributed by atoms with E-state index in [1.165, 1.54) is 11.1 Å². The van der Waals surface area contributed by atoms with Gasteiger partial charge >= 0.3 is 0 Å². The molecule has 12 atom stereocenters. The van der Waals surface area contributed by atoms with Gasteiger partial charge in [0.1, 0.15) is 0 Å². The molecule has 0 radical (unpaired) electrons. The second-order valence-electron chi connectivity index (χ2n) is 19.2. The van der Waals surface area contributed by atoms with E-state index in [0.29, 0.717) is 32.3 Å². The second kappa shape index (κ2) is 12.2. The van der Waals surface area contributed by atoms with Crippen LogP contribution in [0.3, 0.4) is 0 Å². The van der Waals surface area contributed by atoms with Crippen molar-refractivity contribution in [2.75, 3.05) is 48.0 Å². The highest BCUT2D eigenvalue weighted by Gasteiger charge is 2.79. The molecule has 57 heavy (non-hydrogen) atoms. The van der Waals surface area contributed by atoms with Gasteiger partial charge in [-0.25, -0.2) is 0 Å². The number of ether oxygens (including phenoxy) is 8. The Bertz CT molecular complexity index is 1990. The van der Waals surface area contributed by atoms with Crippen LogP contribution in [0.25, 0.3) is 0 Å². The minimum atomic E-state index is -0.864. The van der Waals surface area contributed by atoms with Crippen molar-refractivity contribution in [2.45, 2.75) is 161 Å². The zero-order valence-corrected chi connectivity index (χ0v) is 34.6. The van der Waals surface area contributed by atoms with Crippen LogP contribution in [-0.4, -0.2) is 133 Å². The van der Waals surface area contributed by atoms with Gasteiger partial charge in [-0.05, 0) is 123 Å². The van der Waals surface area contributed by atoms with Crippen molar-refractivity contribution in [3.63, 3.8) is 0 Å². The lowest BCUT2D eigenvalue weighted by molar-refractivity contribution is -0.378. The van der Waals surface area contributed by atoms with Gasteiger partial charge in [-0.1, -0.05) is 12.1 Å². The lowest BCUT2D eigenvalue weighted by Gasteiger charge is -2.66. The molecule has 12 heteroatoms. The topological polar surface area (TPSA) is 121 Å². The van der Waals surface area contributed by atoms with E-state index in [9.17, 15) is 10.2 Å². The van der Waals surface area contributed by atoms with Crippen LogP contribution < -0.4 is 18.9 Å². The third kappa shape index (κ3) is 4.47. The Morgan fingerprint density at radius 1 is 0.632 bits per heavy atom. The number of methoxy groups -OCH3 is 2. The van der Waals surface area contributed by atoms with Gasteiger partial charge < -0.3 is 57.9 Å². The molecule has 0 amide bonds. The average Bonchev–Trinajstić information content (AvgIpc) is 3.74. The van der Waals surface area contributed by atoms with Crippen LogP contribution >= 0.6 is 0 Å². The third-order valence-corrected chi connectivity index (χ3v) is 16.6. The summed E-state index contributed by atoms with van der Waals surface area (Å²) < 4.78 is 50.7. The van der Waals surface area contributed by atoms with E-state index in [1.54, 1.807) is 14.2 Å². The molecular weight excluding hydrogens is 728 g/mol. The van der Waals surface area contributed by atoms with Crippen molar-refractivity contribution in [1.82, 2.24) is 9.80 Å². The highest BCUT2D eigenvalue weighted by molar-refractivity contribution is 5.64. The van der Waals surface area contributed by atoms with Crippen LogP contribution in [0, 0.1) is 0 Å². The lowest BCUT2D eigenvalue weighted by atomic mass is 9.48. The molecule has 2 saturated carbocycles. The highest BCUT2D eigenvalue weighted by Crippen LogP contribution is 2.70.